The molecule has 0 aliphatic carbocycles. The van der Waals surface area contributed by atoms with Crippen LogP contribution in [-0.2, 0) is 11.3 Å². The van der Waals surface area contributed by atoms with Gasteiger partial charge in [0.25, 0.3) is 0 Å². The van der Waals surface area contributed by atoms with Crippen LogP contribution in [0, 0.1) is 5.92 Å². The predicted molar refractivity (Wildman–Crippen MR) is 99.5 cm³/mol. The van der Waals surface area contributed by atoms with Gasteiger partial charge in [-0.1, -0.05) is 30.3 Å². The first-order chi connectivity index (χ1) is 12.1. The highest BCUT2D eigenvalue weighted by atomic mass is 16.5. The van der Waals surface area contributed by atoms with Crippen molar-refractivity contribution in [2.45, 2.75) is 31.9 Å². The standard InChI is InChI=1S/C20H31N3O2/c1-21(2)20(24)23-14-18-9-10-19(15-23)22(13-18)11-6-12-25-16-17-7-4-3-5-8-17/h3-5,7-8,18-19H,6,9-16H2,1-2H3/t18-,19-/m0/s1. The van der Waals surface area contributed by atoms with Crippen LogP contribution < -0.4 is 0 Å². The maximum absolute atomic E-state index is 12.3. The lowest BCUT2D eigenvalue weighted by Gasteiger charge is -2.36. The molecular formula is C20H31N3O2. The maximum Gasteiger partial charge on any atom is 0.319 e. The first-order valence-electron chi connectivity index (χ1n) is 9.45. The molecule has 3 fully saturated rings. The van der Waals surface area contributed by atoms with Crippen LogP contribution in [0.2, 0.25) is 0 Å². The minimum Gasteiger partial charge on any atom is -0.377 e. The van der Waals surface area contributed by atoms with Crippen molar-refractivity contribution in [2.24, 2.45) is 5.92 Å². The van der Waals surface area contributed by atoms with E-state index in [4.69, 9.17) is 4.74 Å². The monoisotopic (exact) mass is 345 g/mol. The third-order valence-electron chi connectivity index (χ3n) is 5.33. The van der Waals surface area contributed by atoms with Crippen LogP contribution in [0.5, 0.6) is 0 Å². The van der Waals surface area contributed by atoms with Gasteiger partial charge in [0, 0.05) is 52.9 Å². The highest BCUT2D eigenvalue weighted by molar-refractivity contribution is 5.74. The lowest BCUT2D eigenvalue weighted by Crippen LogP contribution is -2.46. The van der Waals surface area contributed by atoms with Crippen LogP contribution in [0.4, 0.5) is 4.79 Å². The number of carbonyl (C=O) groups excluding carboxylic acids is 1. The Kier molecular flexibility index (Phi) is 6.32. The van der Waals surface area contributed by atoms with E-state index in [0.717, 1.165) is 39.2 Å². The Labute approximate surface area is 151 Å². The fourth-order valence-electron chi connectivity index (χ4n) is 4.03. The van der Waals surface area contributed by atoms with Crippen molar-refractivity contribution in [3.05, 3.63) is 35.9 Å². The SMILES string of the molecule is CN(C)C(=O)N1C[C@H]2CC[C@@H](C1)N(CCCOCc1ccccc1)C2. The van der Waals surface area contributed by atoms with Gasteiger partial charge in [-0.15, -0.1) is 0 Å². The molecule has 138 valence electrons. The summed E-state index contributed by atoms with van der Waals surface area (Å²) in [7, 11) is 3.69. The van der Waals surface area contributed by atoms with Gasteiger partial charge in [-0.05, 0) is 30.7 Å². The van der Waals surface area contributed by atoms with Crippen LogP contribution in [-0.4, -0.2) is 73.7 Å². The number of carbonyl (C=O) groups is 1. The first kappa shape index (κ1) is 18.2. The zero-order chi connectivity index (χ0) is 17.6. The Balaban J connectivity index is 1.42. The third kappa shape index (κ3) is 4.95. The number of nitrogens with zero attached hydrogens (tertiary/aromatic N) is 3. The number of hydrogen-bond donors (Lipinski definition) is 0. The fourth-order valence-corrected chi connectivity index (χ4v) is 4.03. The minimum absolute atomic E-state index is 0.157. The number of piperidine rings is 1. The first-order valence-corrected chi connectivity index (χ1v) is 9.45. The highest BCUT2D eigenvalue weighted by Crippen LogP contribution is 2.28. The molecule has 3 saturated heterocycles. The van der Waals surface area contributed by atoms with Gasteiger partial charge in [0.2, 0.25) is 0 Å². The van der Waals surface area contributed by atoms with Crippen molar-refractivity contribution < 1.29 is 9.53 Å². The van der Waals surface area contributed by atoms with Gasteiger partial charge in [0.15, 0.2) is 0 Å². The second-order valence-corrected chi connectivity index (χ2v) is 7.57. The minimum atomic E-state index is 0.157. The van der Waals surface area contributed by atoms with E-state index in [1.807, 2.05) is 37.2 Å². The van der Waals surface area contributed by atoms with E-state index in [-0.39, 0.29) is 6.03 Å². The van der Waals surface area contributed by atoms with Crippen molar-refractivity contribution in [3.63, 3.8) is 0 Å². The normalized spacial score (nSPS) is 23.5. The van der Waals surface area contributed by atoms with Gasteiger partial charge < -0.3 is 14.5 Å². The summed E-state index contributed by atoms with van der Waals surface area (Å²) in [6.07, 6.45) is 3.52. The summed E-state index contributed by atoms with van der Waals surface area (Å²) in [5, 5.41) is 0. The number of fused-ring (bicyclic) bond motifs is 4. The molecule has 5 heteroatoms. The van der Waals surface area contributed by atoms with Gasteiger partial charge in [-0.3, -0.25) is 4.90 Å². The lowest BCUT2D eigenvalue weighted by atomic mass is 9.95. The van der Waals surface area contributed by atoms with Gasteiger partial charge in [0.1, 0.15) is 0 Å². The summed E-state index contributed by atoms with van der Waals surface area (Å²) in [5.41, 5.74) is 1.23. The van der Waals surface area contributed by atoms with E-state index in [1.54, 1.807) is 4.90 Å². The highest BCUT2D eigenvalue weighted by Gasteiger charge is 2.36. The Hall–Kier alpha value is -1.59. The van der Waals surface area contributed by atoms with Crippen LogP contribution in [0.15, 0.2) is 30.3 Å². The molecule has 1 aromatic carbocycles. The average molecular weight is 345 g/mol. The predicted octanol–water partition coefficient (Wildman–Crippen LogP) is 2.67. The summed E-state index contributed by atoms with van der Waals surface area (Å²) in [6.45, 7) is 5.47. The van der Waals surface area contributed by atoms with Crippen molar-refractivity contribution in [1.82, 2.24) is 14.7 Å². The topological polar surface area (TPSA) is 36.0 Å². The van der Waals surface area contributed by atoms with Crippen molar-refractivity contribution in [3.8, 4) is 0 Å². The van der Waals surface area contributed by atoms with E-state index in [0.29, 0.717) is 18.6 Å². The fraction of sp³-hybridized carbons (Fsp3) is 0.650. The van der Waals surface area contributed by atoms with Crippen LogP contribution >= 0.6 is 0 Å². The molecule has 2 bridgehead atoms. The van der Waals surface area contributed by atoms with Crippen molar-refractivity contribution in [2.75, 3.05) is 46.9 Å². The molecule has 0 saturated carbocycles. The molecule has 5 nitrogen and oxygen atoms in total. The Bertz CT molecular complexity index is 549. The van der Waals surface area contributed by atoms with Gasteiger partial charge >= 0.3 is 6.03 Å². The van der Waals surface area contributed by atoms with Crippen LogP contribution in [0.25, 0.3) is 0 Å². The summed E-state index contributed by atoms with van der Waals surface area (Å²) >= 11 is 0. The molecule has 3 heterocycles. The van der Waals surface area contributed by atoms with Crippen LogP contribution in [0.1, 0.15) is 24.8 Å². The lowest BCUT2D eigenvalue weighted by molar-refractivity contribution is 0.0857. The molecule has 0 unspecified atom stereocenters. The quantitative estimate of drug-likeness (QED) is 0.744. The second-order valence-electron chi connectivity index (χ2n) is 7.57. The molecule has 1 aromatic rings. The summed E-state index contributed by atoms with van der Waals surface area (Å²) < 4.78 is 5.82. The van der Waals surface area contributed by atoms with Gasteiger partial charge in [-0.25, -0.2) is 4.79 Å². The number of benzene rings is 1. The summed E-state index contributed by atoms with van der Waals surface area (Å²) in [6, 6.07) is 11.0. The molecule has 2 atom stereocenters. The van der Waals surface area contributed by atoms with E-state index in [9.17, 15) is 4.79 Å². The third-order valence-corrected chi connectivity index (χ3v) is 5.33. The zero-order valence-electron chi connectivity index (χ0n) is 15.6. The molecule has 0 radical (unpaired) electrons. The Morgan fingerprint density at radius 2 is 1.96 bits per heavy atom. The van der Waals surface area contributed by atoms with Crippen molar-refractivity contribution >= 4 is 6.03 Å². The molecule has 0 spiro atoms. The average Bonchev–Trinajstić information content (AvgIpc) is 2.93. The van der Waals surface area contributed by atoms with E-state index >= 15 is 0 Å². The molecule has 3 aliphatic rings. The molecule has 3 aliphatic heterocycles. The van der Waals surface area contributed by atoms with E-state index < -0.39 is 0 Å². The maximum atomic E-state index is 12.3. The van der Waals surface area contributed by atoms with Gasteiger partial charge in [-0.2, -0.15) is 0 Å². The number of rotatable bonds is 6. The van der Waals surface area contributed by atoms with Gasteiger partial charge in [0.05, 0.1) is 6.61 Å². The smallest absolute Gasteiger partial charge is 0.319 e. The largest absolute Gasteiger partial charge is 0.377 e. The molecule has 25 heavy (non-hydrogen) atoms. The summed E-state index contributed by atoms with van der Waals surface area (Å²) in [5.74, 6) is 0.618. The number of ether oxygens (including phenoxy) is 1. The van der Waals surface area contributed by atoms with Crippen molar-refractivity contribution in [1.29, 1.82) is 0 Å². The van der Waals surface area contributed by atoms with E-state index in [1.165, 1.54) is 18.4 Å². The number of amides is 2. The molecule has 4 rings (SSSR count). The van der Waals surface area contributed by atoms with E-state index in [2.05, 4.69) is 17.0 Å². The number of hydrogen-bond acceptors (Lipinski definition) is 3. The molecule has 2 amide bonds. The molecular weight excluding hydrogens is 314 g/mol. The molecule has 0 aromatic heterocycles. The number of urea groups is 1. The zero-order valence-corrected chi connectivity index (χ0v) is 15.6. The Morgan fingerprint density at radius 3 is 2.72 bits per heavy atom. The summed E-state index contributed by atoms with van der Waals surface area (Å²) in [4.78, 5) is 18.7. The molecule has 0 N–H and O–H groups in total. The second kappa shape index (κ2) is 8.68. The Morgan fingerprint density at radius 1 is 1.16 bits per heavy atom. The van der Waals surface area contributed by atoms with Crippen LogP contribution in [0.3, 0.4) is 0 Å².